The Morgan fingerprint density at radius 1 is 1.13 bits per heavy atom. The molecule has 170 valence electrons. The number of benzene rings is 2. The summed E-state index contributed by atoms with van der Waals surface area (Å²) in [7, 11) is 0. The van der Waals surface area contributed by atoms with Crippen LogP contribution in [-0.2, 0) is 0 Å². The lowest BCUT2D eigenvalue weighted by Gasteiger charge is -2.29. The third kappa shape index (κ3) is 6.68. The largest absolute Gasteiger partial charge is 0.508 e. The van der Waals surface area contributed by atoms with Crippen molar-refractivity contribution in [2.45, 2.75) is 38.9 Å². The number of phenols is 2. The summed E-state index contributed by atoms with van der Waals surface area (Å²) in [4.78, 5) is 10.4. The second kappa shape index (κ2) is 10.6. The minimum Gasteiger partial charge on any atom is -0.508 e. The lowest BCUT2D eigenvalue weighted by atomic mass is 9.83. The maximum atomic E-state index is 13.5. The molecule has 0 bridgehead atoms. The Hall–Kier alpha value is -2.62. The summed E-state index contributed by atoms with van der Waals surface area (Å²) in [6, 6.07) is 5.59. The van der Waals surface area contributed by atoms with Gasteiger partial charge in [-0.2, -0.15) is 0 Å². The monoisotopic (exact) mass is 456 g/mol. The van der Waals surface area contributed by atoms with Gasteiger partial charge in [0.1, 0.15) is 23.0 Å². The normalized spacial score (nSPS) is 14.3. The summed E-state index contributed by atoms with van der Waals surface area (Å²) in [5.41, 5.74) is -0.205. The molecule has 0 saturated carbocycles. The molecule has 0 saturated heterocycles. The number of aliphatic hydroxyl groups excluding tert-OH is 2. The summed E-state index contributed by atoms with van der Waals surface area (Å²) in [5.74, 6) is -1.84. The van der Waals surface area contributed by atoms with Gasteiger partial charge in [0, 0.05) is 18.5 Å². The van der Waals surface area contributed by atoms with Crippen LogP contribution in [0.3, 0.4) is 0 Å². The van der Waals surface area contributed by atoms with Crippen LogP contribution in [0.25, 0.3) is 0 Å². The summed E-state index contributed by atoms with van der Waals surface area (Å²) < 4.78 is 13.5. The number of nitrogens with zero attached hydrogens (tertiary/aromatic N) is 1. The summed E-state index contributed by atoms with van der Waals surface area (Å²) >= 11 is 5.71. The quantitative estimate of drug-likeness (QED) is 0.264. The number of aliphatic hydroxyl groups is 2. The van der Waals surface area contributed by atoms with Crippen molar-refractivity contribution in [2.24, 2.45) is 11.8 Å². The maximum Gasteiger partial charge on any atom is 0.295 e. The molecule has 5 N–H and O–H groups in total. The molecule has 0 aliphatic rings. The number of phenolic OH excluding ortho intramolecular Hbond substituents is 2. The Morgan fingerprint density at radius 2 is 1.74 bits per heavy atom. The average Bonchev–Trinajstić information content (AvgIpc) is 2.66. The number of hydrogen-bond acceptors (Lipinski definition) is 7. The van der Waals surface area contributed by atoms with Gasteiger partial charge in [-0.15, -0.1) is 0 Å². The highest BCUT2D eigenvalue weighted by atomic mass is 35.5. The Bertz CT molecular complexity index is 907. The highest BCUT2D eigenvalue weighted by molar-refractivity contribution is 6.31. The van der Waals surface area contributed by atoms with Crippen LogP contribution in [0.5, 0.6) is 11.5 Å². The van der Waals surface area contributed by atoms with Crippen molar-refractivity contribution < 1.29 is 29.7 Å². The highest BCUT2D eigenvalue weighted by Crippen LogP contribution is 2.35. The van der Waals surface area contributed by atoms with Gasteiger partial charge < -0.3 is 25.7 Å². The topological polar surface area (TPSA) is 136 Å². The molecule has 0 unspecified atom stereocenters. The van der Waals surface area contributed by atoms with Gasteiger partial charge in [-0.25, -0.2) is 4.39 Å². The molecule has 0 aromatic heterocycles. The first-order chi connectivity index (χ1) is 14.5. The van der Waals surface area contributed by atoms with Crippen LogP contribution >= 0.6 is 11.6 Å². The van der Waals surface area contributed by atoms with Gasteiger partial charge in [0.25, 0.3) is 5.69 Å². The summed E-state index contributed by atoms with van der Waals surface area (Å²) in [5, 5.41) is 54.6. The van der Waals surface area contributed by atoms with Crippen molar-refractivity contribution >= 4 is 23.0 Å². The van der Waals surface area contributed by atoms with Crippen molar-refractivity contribution in [1.82, 2.24) is 0 Å². The molecule has 31 heavy (non-hydrogen) atoms. The van der Waals surface area contributed by atoms with E-state index >= 15 is 0 Å². The summed E-state index contributed by atoms with van der Waals surface area (Å²) in [6.07, 6.45) is -1.61. The minimum absolute atomic E-state index is 0.0162. The smallest absolute Gasteiger partial charge is 0.295 e. The Kier molecular flexibility index (Phi) is 8.43. The maximum absolute atomic E-state index is 13.5. The lowest BCUT2D eigenvalue weighted by Crippen LogP contribution is -2.30. The van der Waals surface area contributed by atoms with E-state index < -0.39 is 34.6 Å². The number of hydrogen-bond donors (Lipinski definition) is 5. The van der Waals surface area contributed by atoms with Crippen LogP contribution in [0.15, 0.2) is 30.3 Å². The van der Waals surface area contributed by atoms with Crippen molar-refractivity contribution in [3.63, 3.8) is 0 Å². The molecule has 2 aromatic carbocycles. The predicted octanol–water partition coefficient (Wildman–Crippen LogP) is 4.36. The molecule has 0 spiro atoms. The number of nitro groups is 1. The molecule has 0 radical (unpaired) electrons. The van der Waals surface area contributed by atoms with E-state index in [4.69, 9.17) is 11.6 Å². The average molecular weight is 457 g/mol. The number of nitrogens with one attached hydrogen (secondary N) is 1. The molecular weight excluding hydrogens is 431 g/mol. The van der Waals surface area contributed by atoms with Crippen LogP contribution in [0.4, 0.5) is 15.8 Å². The van der Waals surface area contributed by atoms with Crippen molar-refractivity contribution in [3.8, 4) is 11.5 Å². The van der Waals surface area contributed by atoms with Crippen LogP contribution in [0, 0.1) is 27.8 Å². The van der Waals surface area contributed by atoms with E-state index in [2.05, 4.69) is 5.32 Å². The number of halogens is 2. The zero-order valence-electron chi connectivity index (χ0n) is 17.1. The van der Waals surface area contributed by atoms with E-state index in [9.17, 15) is 34.9 Å². The molecule has 0 heterocycles. The molecule has 10 heteroatoms. The standard InChI is InChI=1S/C21H26ClFN2O6/c1-11(2)5-15(21(29)12-6-13(26)8-14(27)7-12)20(28)3-4-24-18-9-16(22)17(23)10-19(18)25(30)31/h6-11,15,20-21,24,26-29H,3-5H2,1-2H3/t15-,20-,21+/m1/s1. The van der Waals surface area contributed by atoms with E-state index in [1.54, 1.807) is 0 Å². The van der Waals surface area contributed by atoms with Gasteiger partial charge in [-0.3, -0.25) is 10.1 Å². The first-order valence-electron chi connectivity index (χ1n) is 9.76. The van der Waals surface area contributed by atoms with Crippen LogP contribution < -0.4 is 5.32 Å². The van der Waals surface area contributed by atoms with Gasteiger partial charge in [-0.1, -0.05) is 25.4 Å². The fourth-order valence-electron chi connectivity index (χ4n) is 3.47. The number of anilines is 1. The SMILES string of the molecule is CC(C)C[C@H]([C@H](O)CCNc1cc(Cl)c(F)cc1[N+](=O)[O-])[C@@H](O)c1cc(O)cc(O)c1. The van der Waals surface area contributed by atoms with E-state index in [0.29, 0.717) is 6.42 Å². The molecule has 0 aliphatic heterocycles. The molecule has 0 aliphatic carbocycles. The van der Waals surface area contributed by atoms with E-state index in [1.165, 1.54) is 12.1 Å². The van der Waals surface area contributed by atoms with Crippen molar-refractivity contribution in [1.29, 1.82) is 0 Å². The fourth-order valence-corrected chi connectivity index (χ4v) is 3.64. The highest BCUT2D eigenvalue weighted by Gasteiger charge is 2.29. The molecule has 0 amide bonds. The van der Waals surface area contributed by atoms with Crippen molar-refractivity contribution in [2.75, 3.05) is 11.9 Å². The number of aromatic hydroxyl groups is 2. The number of nitro benzene ring substituents is 1. The number of rotatable bonds is 10. The molecule has 3 atom stereocenters. The van der Waals surface area contributed by atoms with Gasteiger partial charge in [0.05, 0.1) is 28.2 Å². The fraction of sp³-hybridized carbons (Fsp3) is 0.429. The van der Waals surface area contributed by atoms with Gasteiger partial charge >= 0.3 is 0 Å². The van der Waals surface area contributed by atoms with E-state index in [1.807, 2.05) is 13.8 Å². The summed E-state index contributed by atoms with van der Waals surface area (Å²) in [6.45, 7) is 3.94. The minimum atomic E-state index is -1.16. The van der Waals surface area contributed by atoms with Gasteiger partial charge in [0.2, 0.25) is 0 Å². The van der Waals surface area contributed by atoms with Gasteiger partial charge in [-0.05, 0) is 42.5 Å². The van der Waals surface area contributed by atoms with Crippen LogP contribution in [0.1, 0.15) is 38.4 Å². The van der Waals surface area contributed by atoms with Crippen molar-refractivity contribution in [3.05, 3.63) is 56.8 Å². The molecule has 2 rings (SSSR count). The Labute approximate surface area is 184 Å². The lowest BCUT2D eigenvalue weighted by molar-refractivity contribution is -0.384. The first kappa shape index (κ1) is 24.6. The Morgan fingerprint density at radius 3 is 2.29 bits per heavy atom. The Balaban J connectivity index is 2.14. The van der Waals surface area contributed by atoms with E-state index in [-0.39, 0.29) is 46.7 Å². The molecule has 0 fully saturated rings. The first-order valence-corrected chi connectivity index (χ1v) is 10.1. The predicted molar refractivity (Wildman–Crippen MR) is 115 cm³/mol. The van der Waals surface area contributed by atoms with Crippen LogP contribution in [0.2, 0.25) is 5.02 Å². The zero-order chi connectivity index (χ0) is 23.3. The molecule has 2 aromatic rings. The molecular formula is C21H26ClFN2O6. The second-order valence-electron chi connectivity index (χ2n) is 7.84. The zero-order valence-corrected chi connectivity index (χ0v) is 17.9. The third-order valence-electron chi connectivity index (χ3n) is 4.90. The van der Waals surface area contributed by atoms with Gasteiger partial charge in [0.15, 0.2) is 0 Å². The molecule has 8 nitrogen and oxygen atoms in total. The third-order valence-corrected chi connectivity index (χ3v) is 5.19. The van der Waals surface area contributed by atoms with Crippen LogP contribution in [-0.4, -0.2) is 38.0 Å². The van der Waals surface area contributed by atoms with E-state index in [0.717, 1.165) is 18.2 Å². The second-order valence-corrected chi connectivity index (χ2v) is 8.25.